The van der Waals surface area contributed by atoms with Gasteiger partial charge in [-0.3, -0.25) is 4.79 Å². The number of aromatic nitrogens is 1. The summed E-state index contributed by atoms with van der Waals surface area (Å²) >= 11 is 0. The fourth-order valence-electron chi connectivity index (χ4n) is 2.83. The first kappa shape index (κ1) is 15.8. The van der Waals surface area contributed by atoms with E-state index in [1.165, 1.54) is 0 Å². The van der Waals surface area contributed by atoms with Crippen LogP contribution in [-0.4, -0.2) is 43.7 Å². The molecule has 1 aliphatic heterocycles. The maximum Gasteiger partial charge on any atom is 0.298 e. The molecular formula is C17H23N3O3. The van der Waals surface area contributed by atoms with E-state index >= 15 is 0 Å². The lowest BCUT2D eigenvalue weighted by Crippen LogP contribution is -2.39. The summed E-state index contributed by atoms with van der Waals surface area (Å²) < 4.78 is 10.9. The van der Waals surface area contributed by atoms with Crippen molar-refractivity contribution in [3.05, 3.63) is 24.3 Å². The highest BCUT2D eigenvalue weighted by Gasteiger charge is 2.23. The Hall–Kier alpha value is -2.08. The molecule has 0 aliphatic carbocycles. The molecule has 2 heterocycles. The third-order valence-corrected chi connectivity index (χ3v) is 4.19. The third kappa shape index (κ3) is 4.01. The van der Waals surface area contributed by atoms with Gasteiger partial charge in [-0.15, -0.1) is 0 Å². The second-order valence-corrected chi connectivity index (χ2v) is 5.84. The lowest BCUT2D eigenvalue weighted by molar-refractivity contribution is -0.125. The Morgan fingerprint density at radius 1 is 1.39 bits per heavy atom. The zero-order chi connectivity index (χ0) is 16.1. The van der Waals surface area contributed by atoms with Crippen LogP contribution in [0.25, 0.3) is 11.1 Å². The van der Waals surface area contributed by atoms with Gasteiger partial charge < -0.3 is 19.4 Å². The summed E-state index contributed by atoms with van der Waals surface area (Å²) in [6, 6.07) is 8.51. The lowest BCUT2D eigenvalue weighted by atomic mass is 9.97. The van der Waals surface area contributed by atoms with E-state index in [0.717, 1.165) is 37.0 Å². The molecule has 1 amide bonds. The number of carbonyl (C=O) groups excluding carboxylic acids is 1. The molecule has 1 aromatic heterocycles. The Labute approximate surface area is 135 Å². The van der Waals surface area contributed by atoms with Gasteiger partial charge in [0.1, 0.15) is 12.1 Å². The molecule has 124 valence electrons. The number of fused-ring (bicyclic) bond motifs is 1. The highest BCUT2D eigenvalue weighted by molar-refractivity contribution is 5.77. The van der Waals surface area contributed by atoms with E-state index in [2.05, 4.69) is 15.2 Å². The number of amides is 1. The zero-order valence-electron chi connectivity index (χ0n) is 13.5. The zero-order valence-corrected chi connectivity index (χ0v) is 13.5. The van der Waals surface area contributed by atoms with E-state index in [9.17, 15) is 4.79 Å². The SMILES string of the molecule is CCOCC(=O)NCC1CCN(c2nc3ccccc3o2)CC1. The van der Waals surface area contributed by atoms with Gasteiger partial charge in [0.2, 0.25) is 5.91 Å². The highest BCUT2D eigenvalue weighted by Crippen LogP contribution is 2.25. The van der Waals surface area contributed by atoms with Crippen LogP contribution < -0.4 is 10.2 Å². The van der Waals surface area contributed by atoms with E-state index in [1.807, 2.05) is 31.2 Å². The first-order valence-electron chi connectivity index (χ1n) is 8.21. The van der Waals surface area contributed by atoms with Crippen LogP contribution in [0.2, 0.25) is 0 Å². The molecule has 1 aromatic carbocycles. The second kappa shape index (κ2) is 7.46. The molecule has 2 aromatic rings. The predicted molar refractivity (Wildman–Crippen MR) is 88.4 cm³/mol. The van der Waals surface area contributed by atoms with E-state index < -0.39 is 0 Å². The van der Waals surface area contributed by atoms with Gasteiger partial charge in [-0.05, 0) is 37.8 Å². The number of oxazole rings is 1. The molecule has 0 spiro atoms. The Morgan fingerprint density at radius 3 is 2.91 bits per heavy atom. The molecule has 0 atom stereocenters. The molecule has 23 heavy (non-hydrogen) atoms. The predicted octanol–water partition coefficient (Wildman–Crippen LogP) is 2.20. The lowest BCUT2D eigenvalue weighted by Gasteiger charge is -2.30. The van der Waals surface area contributed by atoms with Crippen LogP contribution in [0.5, 0.6) is 0 Å². The van der Waals surface area contributed by atoms with Gasteiger partial charge in [0.15, 0.2) is 5.58 Å². The van der Waals surface area contributed by atoms with Gasteiger partial charge in [0.05, 0.1) is 0 Å². The fourth-order valence-corrected chi connectivity index (χ4v) is 2.83. The number of rotatable bonds is 6. The number of hydrogen-bond acceptors (Lipinski definition) is 5. The van der Waals surface area contributed by atoms with E-state index in [4.69, 9.17) is 9.15 Å². The number of anilines is 1. The number of hydrogen-bond donors (Lipinski definition) is 1. The van der Waals surface area contributed by atoms with Crippen LogP contribution in [0, 0.1) is 5.92 Å². The number of para-hydroxylation sites is 2. The quantitative estimate of drug-likeness (QED) is 0.884. The van der Waals surface area contributed by atoms with Crippen molar-refractivity contribution in [2.24, 2.45) is 5.92 Å². The van der Waals surface area contributed by atoms with E-state index in [1.54, 1.807) is 0 Å². The number of carbonyl (C=O) groups is 1. The van der Waals surface area contributed by atoms with Crippen molar-refractivity contribution in [3.8, 4) is 0 Å². The normalized spacial score (nSPS) is 16.0. The minimum absolute atomic E-state index is 0.0340. The number of benzene rings is 1. The minimum atomic E-state index is -0.0340. The summed E-state index contributed by atoms with van der Waals surface area (Å²) in [5.74, 6) is 0.467. The molecule has 6 heteroatoms. The smallest absolute Gasteiger partial charge is 0.298 e. The monoisotopic (exact) mass is 317 g/mol. The number of nitrogens with zero attached hydrogens (tertiary/aromatic N) is 2. The van der Waals surface area contributed by atoms with Crippen LogP contribution in [0.4, 0.5) is 6.01 Å². The minimum Gasteiger partial charge on any atom is -0.423 e. The Kier molecular flexibility index (Phi) is 5.12. The first-order valence-corrected chi connectivity index (χ1v) is 8.21. The van der Waals surface area contributed by atoms with Crippen LogP contribution in [0.3, 0.4) is 0 Å². The number of ether oxygens (including phenoxy) is 1. The number of piperidine rings is 1. The van der Waals surface area contributed by atoms with Gasteiger partial charge in [-0.1, -0.05) is 12.1 Å². The average Bonchev–Trinajstić information content (AvgIpc) is 3.02. The maximum absolute atomic E-state index is 11.6. The summed E-state index contributed by atoms with van der Waals surface area (Å²) in [4.78, 5) is 18.3. The second-order valence-electron chi connectivity index (χ2n) is 5.84. The molecule has 0 unspecified atom stereocenters. The van der Waals surface area contributed by atoms with Crippen molar-refractivity contribution >= 4 is 23.0 Å². The molecule has 1 N–H and O–H groups in total. The van der Waals surface area contributed by atoms with Crippen LogP contribution in [0.15, 0.2) is 28.7 Å². The van der Waals surface area contributed by atoms with Gasteiger partial charge >= 0.3 is 0 Å². The largest absolute Gasteiger partial charge is 0.423 e. The van der Waals surface area contributed by atoms with Crippen molar-refractivity contribution in [3.63, 3.8) is 0 Å². The van der Waals surface area contributed by atoms with Gasteiger partial charge in [0, 0.05) is 26.2 Å². The molecule has 1 fully saturated rings. The van der Waals surface area contributed by atoms with Gasteiger partial charge in [0.25, 0.3) is 6.01 Å². The molecule has 0 radical (unpaired) electrons. The van der Waals surface area contributed by atoms with E-state index in [-0.39, 0.29) is 12.5 Å². The molecule has 0 bridgehead atoms. The van der Waals surface area contributed by atoms with E-state index in [0.29, 0.717) is 25.1 Å². The Balaban J connectivity index is 1.47. The summed E-state index contributed by atoms with van der Waals surface area (Å²) in [6.45, 7) is 5.12. The summed E-state index contributed by atoms with van der Waals surface area (Å²) in [5, 5.41) is 2.94. The molecular weight excluding hydrogens is 294 g/mol. The van der Waals surface area contributed by atoms with Crippen molar-refractivity contribution in [1.29, 1.82) is 0 Å². The molecule has 6 nitrogen and oxygen atoms in total. The Morgan fingerprint density at radius 2 is 2.17 bits per heavy atom. The van der Waals surface area contributed by atoms with Crippen molar-refractivity contribution in [2.75, 3.05) is 37.7 Å². The molecule has 1 saturated heterocycles. The van der Waals surface area contributed by atoms with Crippen LogP contribution in [0.1, 0.15) is 19.8 Å². The van der Waals surface area contributed by atoms with Gasteiger partial charge in [-0.25, -0.2) is 0 Å². The summed E-state index contributed by atoms with van der Waals surface area (Å²) in [5.41, 5.74) is 1.72. The summed E-state index contributed by atoms with van der Waals surface area (Å²) in [6.07, 6.45) is 2.04. The van der Waals surface area contributed by atoms with Crippen molar-refractivity contribution < 1.29 is 13.9 Å². The topological polar surface area (TPSA) is 67.6 Å². The standard InChI is InChI=1S/C17H23N3O3/c1-2-22-12-16(21)18-11-13-7-9-20(10-8-13)17-19-14-5-3-4-6-15(14)23-17/h3-6,13H,2,7-12H2,1H3,(H,18,21). The van der Waals surface area contributed by atoms with Gasteiger partial charge in [-0.2, -0.15) is 4.98 Å². The highest BCUT2D eigenvalue weighted by atomic mass is 16.5. The third-order valence-electron chi connectivity index (χ3n) is 4.19. The number of nitrogens with one attached hydrogen (secondary N) is 1. The Bertz CT molecular complexity index is 614. The molecule has 1 aliphatic rings. The van der Waals surface area contributed by atoms with Crippen molar-refractivity contribution in [2.45, 2.75) is 19.8 Å². The average molecular weight is 317 g/mol. The van der Waals surface area contributed by atoms with Crippen LogP contribution in [-0.2, 0) is 9.53 Å². The maximum atomic E-state index is 11.6. The van der Waals surface area contributed by atoms with Crippen LogP contribution >= 0.6 is 0 Å². The van der Waals surface area contributed by atoms with Crippen molar-refractivity contribution in [1.82, 2.24) is 10.3 Å². The molecule has 3 rings (SSSR count). The summed E-state index contributed by atoms with van der Waals surface area (Å²) in [7, 11) is 0. The molecule has 0 saturated carbocycles. The first-order chi connectivity index (χ1) is 11.3. The fraction of sp³-hybridized carbons (Fsp3) is 0.529.